The van der Waals surface area contributed by atoms with Crippen molar-refractivity contribution in [2.75, 3.05) is 31.6 Å². The van der Waals surface area contributed by atoms with Gasteiger partial charge in [-0.05, 0) is 106 Å². The summed E-state index contributed by atoms with van der Waals surface area (Å²) >= 11 is 0. The van der Waals surface area contributed by atoms with E-state index in [2.05, 4.69) is 73.0 Å². The van der Waals surface area contributed by atoms with E-state index in [-0.39, 0.29) is 6.61 Å². The molecule has 9 heteroatoms. The molecule has 0 bridgehead atoms. The molecule has 1 amide bonds. The molecule has 0 spiro atoms. The fourth-order valence-electron chi connectivity index (χ4n) is 5.18. The monoisotopic (exact) mass is 634 g/mol. The Morgan fingerprint density at radius 3 is 2.17 bits per heavy atom. The van der Waals surface area contributed by atoms with Crippen LogP contribution >= 0.6 is 0 Å². The Balaban J connectivity index is 1.53. The zero-order chi connectivity index (χ0) is 33.5. The zero-order valence-corrected chi connectivity index (χ0v) is 27.9. The molecule has 2 atom stereocenters. The maximum atomic E-state index is 13.4. The van der Waals surface area contributed by atoms with Crippen LogP contribution in [0.2, 0.25) is 0 Å². The van der Waals surface area contributed by atoms with Crippen molar-refractivity contribution in [1.82, 2.24) is 5.32 Å². The average Bonchev–Trinajstić information content (AvgIpc) is 2.97. The smallest absolute Gasteiger partial charge is 0.339 e. The van der Waals surface area contributed by atoms with Gasteiger partial charge in [-0.15, -0.1) is 0 Å². The first kappa shape index (κ1) is 36.5. The number of hydrogen-bond acceptors (Lipinski definition) is 7. The van der Waals surface area contributed by atoms with Gasteiger partial charge in [0.2, 0.25) is 0 Å². The van der Waals surface area contributed by atoms with Crippen LogP contribution in [0.15, 0.2) is 60.7 Å². The standard InChI is InChI=1S/C37H50N2O7/c1-26-21-27(2)23-31(22-26)38-18-11-12-20-44-33(34(45-25-32(40)41)36(43)46-37(3,4)5)35(42)39-19-10-6-7-13-28-16-17-29-14-8-9-15-30(29)24-28/h8-9,14-17,21-24,33-34,38H,6-7,10-13,18-20,25H2,1-5H3,(H,39,42)(H,40,41). The van der Waals surface area contributed by atoms with Gasteiger partial charge in [-0.2, -0.15) is 0 Å². The van der Waals surface area contributed by atoms with Crippen molar-refractivity contribution in [3.63, 3.8) is 0 Å². The van der Waals surface area contributed by atoms with Crippen LogP contribution in [0.4, 0.5) is 5.69 Å². The summed E-state index contributed by atoms with van der Waals surface area (Å²) in [6, 6.07) is 21.1. The summed E-state index contributed by atoms with van der Waals surface area (Å²) in [5.74, 6) is -2.65. The number of esters is 1. The summed E-state index contributed by atoms with van der Waals surface area (Å²) in [5.41, 5.74) is 3.81. The van der Waals surface area contributed by atoms with Crippen LogP contribution in [-0.4, -0.2) is 67.1 Å². The maximum absolute atomic E-state index is 13.4. The highest BCUT2D eigenvalue weighted by molar-refractivity contribution is 5.89. The second-order valence-electron chi connectivity index (χ2n) is 12.7. The van der Waals surface area contributed by atoms with Crippen molar-refractivity contribution >= 4 is 34.3 Å². The van der Waals surface area contributed by atoms with Gasteiger partial charge in [-0.3, -0.25) is 4.79 Å². The van der Waals surface area contributed by atoms with Crippen molar-refractivity contribution in [3.05, 3.63) is 77.4 Å². The van der Waals surface area contributed by atoms with E-state index in [4.69, 9.17) is 14.2 Å². The van der Waals surface area contributed by atoms with E-state index in [0.717, 1.165) is 37.8 Å². The van der Waals surface area contributed by atoms with Crippen LogP contribution in [0, 0.1) is 13.8 Å². The Bertz CT molecular complexity index is 1410. The number of unbranched alkanes of at least 4 members (excludes halogenated alkanes) is 3. The van der Waals surface area contributed by atoms with Gasteiger partial charge in [0.05, 0.1) is 0 Å². The highest BCUT2D eigenvalue weighted by atomic mass is 16.6. The second-order valence-corrected chi connectivity index (χ2v) is 12.7. The maximum Gasteiger partial charge on any atom is 0.339 e. The summed E-state index contributed by atoms with van der Waals surface area (Å²) in [5, 5.41) is 17.9. The number of carbonyl (C=O) groups is 3. The summed E-state index contributed by atoms with van der Waals surface area (Å²) in [4.78, 5) is 37.8. The number of amides is 1. The van der Waals surface area contributed by atoms with E-state index in [0.29, 0.717) is 19.5 Å². The first-order chi connectivity index (χ1) is 21.9. The molecule has 0 aliphatic heterocycles. The number of benzene rings is 3. The van der Waals surface area contributed by atoms with Crippen LogP contribution in [0.3, 0.4) is 0 Å². The van der Waals surface area contributed by atoms with Crippen LogP contribution in [-0.2, 0) is 35.0 Å². The van der Waals surface area contributed by atoms with Gasteiger partial charge in [0.15, 0.2) is 12.2 Å². The van der Waals surface area contributed by atoms with E-state index in [1.807, 2.05) is 12.1 Å². The molecule has 2 unspecified atom stereocenters. The molecule has 3 aromatic carbocycles. The van der Waals surface area contributed by atoms with E-state index in [9.17, 15) is 19.5 Å². The molecular formula is C37H50N2O7. The number of aliphatic carboxylic acids is 1. The Kier molecular flexibility index (Phi) is 14.5. The van der Waals surface area contributed by atoms with Crippen molar-refractivity contribution in [2.45, 2.75) is 91.0 Å². The number of anilines is 1. The summed E-state index contributed by atoms with van der Waals surface area (Å²) < 4.78 is 16.8. The van der Waals surface area contributed by atoms with Gasteiger partial charge in [0.25, 0.3) is 5.91 Å². The van der Waals surface area contributed by atoms with Crippen LogP contribution in [0.1, 0.15) is 69.6 Å². The molecule has 0 heterocycles. The molecule has 0 saturated carbocycles. The number of carboxylic acids is 1. The van der Waals surface area contributed by atoms with E-state index < -0.39 is 42.3 Å². The lowest BCUT2D eigenvalue weighted by molar-refractivity contribution is -0.184. The SMILES string of the molecule is Cc1cc(C)cc(NCCCCOC(C(=O)NCCCCCc2ccc3ccccc3c2)C(OCC(=O)O)C(=O)OC(C)(C)C)c1. The number of nitrogens with one attached hydrogen (secondary N) is 2. The number of rotatable bonds is 19. The molecule has 46 heavy (non-hydrogen) atoms. The average molecular weight is 635 g/mol. The van der Waals surface area contributed by atoms with E-state index in [1.54, 1.807) is 20.8 Å². The molecule has 3 rings (SSSR count). The molecule has 0 saturated heterocycles. The molecule has 0 aliphatic rings. The number of hydrogen-bond donors (Lipinski definition) is 3. The second kappa shape index (κ2) is 18.3. The van der Waals surface area contributed by atoms with Crippen molar-refractivity contribution in [2.24, 2.45) is 0 Å². The van der Waals surface area contributed by atoms with Crippen molar-refractivity contribution < 1.29 is 33.7 Å². The summed E-state index contributed by atoms with van der Waals surface area (Å²) in [6.07, 6.45) is 2.01. The van der Waals surface area contributed by atoms with Gasteiger partial charge in [-0.1, -0.05) is 55.0 Å². The first-order valence-electron chi connectivity index (χ1n) is 16.2. The number of ether oxygens (including phenoxy) is 3. The molecule has 3 aromatic rings. The minimum absolute atomic E-state index is 0.175. The van der Waals surface area contributed by atoms with Gasteiger partial charge < -0.3 is 30.0 Å². The minimum atomic E-state index is -1.53. The topological polar surface area (TPSA) is 123 Å². The highest BCUT2D eigenvalue weighted by Gasteiger charge is 2.39. The Labute approximate surface area is 273 Å². The predicted molar refractivity (Wildman–Crippen MR) is 181 cm³/mol. The molecule has 250 valence electrons. The largest absolute Gasteiger partial charge is 0.480 e. The first-order valence-corrected chi connectivity index (χ1v) is 16.2. The summed E-state index contributed by atoms with van der Waals surface area (Å²) in [7, 11) is 0. The normalized spacial score (nSPS) is 12.8. The highest BCUT2D eigenvalue weighted by Crippen LogP contribution is 2.18. The molecule has 0 radical (unpaired) electrons. The van der Waals surface area contributed by atoms with Crippen LogP contribution < -0.4 is 10.6 Å². The van der Waals surface area contributed by atoms with Gasteiger partial charge in [0.1, 0.15) is 12.2 Å². The predicted octanol–water partition coefficient (Wildman–Crippen LogP) is 6.37. The van der Waals surface area contributed by atoms with Gasteiger partial charge >= 0.3 is 11.9 Å². The molecule has 0 aromatic heterocycles. The Morgan fingerprint density at radius 1 is 0.783 bits per heavy atom. The molecule has 0 aliphatic carbocycles. The summed E-state index contributed by atoms with van der Waals surface area (Å²) in [6.45, 7) is 9.67. The molecule has 9 nitrogen and oxygen atoms in total. The lowest BCUT2D eigenvalue weighted by atomic mass is 10.0. The molecule has 0 fully saturated rings. The Hall–Kier alpha value is -3.95. The number of carboxylic acid groups (broad SMARTS) is 1. The minimum Gasteiger partial charge on any atom is -0.480 e. The lowest BCUT2D eigenvalue weighted by Crippen LogP contribution is -2.51. The quantitative estimate of drug-likeness (QED) is 0.103. The van der Waals surface area contributed by atoms with Crippen molar-refractivity contribution in [3.8, 4) is 0 Å². The fraction of sp³-hybridized carbons (Fsp3) is 0.486. The third-order valence-corrected chi connectivity index (χ3v) is 7.23. The fourth-order valence-corrected chi connectivity index (χ4v) is 5.18. The van der Waals surface area contributed by atoms with Gasteiger partial charge in [-0.25, -0.2) is 9.59 Å². The van der Waals surface area contributed by atoms with Gasteiger partial charge in [0, 0.05) is 25.4 Å². The molecular weight excluding hydrogens is 584 g/mol. The van der Waals surface area contributed by atoms with Crippen LogP contribution in [0.25, 0.3) is 10.8 Å². The third-order valence-electron chi connectivity index (χ3n) is 7.23. The zero-order valence-electron chi connectivity index (χ0n) is 27.9. The Morgan fingerprint density at radius 2 is 1.48 bits per heavy atom. The number of fused-ring (bicyclic) bond motifs is 1. The van der Waals surface area contributed by atoms with E-state index in [1.165, 1.54) is 27.5 Å². The lowest BCUT2D eigenvalue weighted by Gasteiger charge is -2.28. The molecule has 3 N–H and O–H groups in total. The van der Waals surface area contributed by atoms with Crippen LogP contribution in [0.5, 0.6) is 0 Å². The van der Waals surface area contributed by atoms with Crippen molar-refractivity contribution in [1.29, 1.82) is 0 Å². The third kappa shape index (κ3) is 13.2. The number of aryl methyl sites for hydroxylation is 3. The number of carbonyl (C=O) groups excluding carboxylic acids is 2. The van der Waals surface area contributed by atoms with E-state index >= 15 is 0 Å².